The Balaban J connectivity index is 2.15. The summed E-state index contributed by atoms with van der Waals surface area (Å²) in [6, 6.07) is 0. The van der Waals surface area contributed by atoms with Crippen LogP contribution in [0.15, 0.2) is 29.6 Å². The van der Waals surface area contributed by atoms with Gasteiger partial charge in [-0.15, -0.1) is 0 Å². The summed E-state index contributed by atoms with van der Waals surface area (Å²) in [6.07, 6.45) is 6.05. The molecule has 2 heterocycles. The Labute approximate surface area is 111 Å². The van der Waals surface area contributed by atoms with Crippen LogP contribution in [0.1, 0.15) is 4.88 Å². The lowest BCUT2D eigenvalue weighted by atomic mass is 10.4. The Hall–Kier alpha value is -2.20. The van der Waals surface area contributed by atoms with E-state index in [1.807, 2.05) is 0 Å². The fraction of sp³-hybridized carbons (Fsp3) is 0. The second-order valence-electron chi connectivity index (χ2n) is 3.28. The molecular weight excluding hydrogens is 292 g/mol. The summed E-state index contributed by atoms with van der Waals surface area (Å²) in [5.74, 6) is -1.09. The zero-order chi connectivity index (χ0) is 13.9. The second-order valence-corrected chi connectivity index (χ2v) is 6.02. The van der Waals surface area contributed by atoms with E-state index in [0.717, 1.165) is 17.4 Å². The molecule has 0 fully saturated rings. The predicted octanol–water partition coefficient (Wildman–Crippen LogP) is 0.765. The molecule has 10 heteroatoms. The Bertz CT molecular complexity index is 702. The average Bonchev–Trinajstić information content (AvgIpc) is 2.96. The molecule has 0 atom stereocenters. The van der Waals surface area contributed by atoms with Gasteiger partial charge in [0.15, 0.2) is 5.13 Å². The number of aliphatic carboxylic acids is 1. The summed E-state index contributed by atoms with van der Waals surface area (Å²) in [5.41, 5.74) is 0. The zero-order valence-electron chi connectivity index (χ0n) is 9.27. The van der Waals surface area contributed by atoms with E-state index >= 15 is 0 Å². The van der Waals surface area contributed by atoms with Crippen LogP contribution in [0.5, 0.6) is 0 Å². The number of H-pyrrole nitrogens is 1. The lowest BCUT2D eigenvalue weighted by Crippen LogP contribution is -2.11. The van der Waals surface area contributed by atoms with Crippen molar-refractivity contribution in [2.45, 2.75) is 4.90 Å². The predicted molar refractivity (Wildman–Crippen MR) is 68.2 cm³/mol. The number of aromatic nitrogens is 3. The third kappa shape index (κ3) is 3.39. The lowest BCUT2D eigenvalue weighted by molar-refractivity contribution is -0.131. The van der Waals surface area contributed by atoms with Gasteiger partial charge in [0, 0.05) is 23.3 Å². The van der Waals surface area contributed by atoms with Crippen LogP contribution in [0.4, 0.5) is 5.13 Å². The molecule has 2 aromatic rings. The van der Waals surface area contributed by atoms with Crippen molar-refractivity contribution in [2.75, 3.05) is 4.72 Å². The molecule has 0 aliphatic carbocycles. The highest BCUT2D eigenvalue weighted by Gasteiger charge is 2.16. The van der Waals surface area contributed by atoms with Gasteiger partial charge in [0.1, 0.15) is 4.90 Å². The van der Waals surface area contributed by atoms with Crippen molar-refractivity contribution < 1.29 is 18.3 Å². The van der Waals surface area contributed by atoms with E-state index in [1.165, 1.54) is 24.7 Å². The van der Waals surface area contributed by atoms with Gasteiger partial charge >= 0.3 is 5.97 Å². The Kier molecular flexibility index (Phi) is 3.62. The lowest BCUT2D eigenvalue weighted by Gasteiger charge is -2.00. The highest BCUT2D eigenvalue weighted by molar-refractivity contribution is 7.93. The van der Waals surface area contributed by atoms with E-state index in [0.29, 0.717) is 4.88 Å². The fourth-order valence-electron chi connectivity index (χ4n) is 1.12. The van der Waals surface area contributed by atoms with Gasteiger partial charge in [0.2, 0.25) is 0 Å². The van der Waals surface area contributed by atoms with Gasteiger partial charge in [0.25, 0.3) is 10.0 Å². The van der Waals surface area contributed by atoms with E-state index in [2.05, 4.69) is 19.9 Å². The van der Waals surface area contributed by atoms with E-state index in [9.17, 15) is 13.2 Å². The van der Waals surface area contributed by atoms with Crippen molar-refractivity contribution >= 4 is 38.5 Å². The quantitative estimate of drug-likeness (QED) is 0.700. The minimum Gasteiger partial charge on any atom is -0.478 e. The van der Waals surface area contributed by atoms with Gasteiger partial charge in [0.05, 0.1) is 6.20 Å². The monoisotopic (exact) mass is 300 g/mol. The molecule has 100 valence electrons. The number of sulfonamides is 1. The molecule has 8 nitrogen and oxygen atoms in total. The van der Waals surface area contributed by atoms with Gasteiger partial charge in [-0.2, -0.15) is 5.10 Å². The summed E-state index contributed by atoms with van der Waals surface area (Å²) in [7, 11) is -3.72. The highest BCUT2D eigenvalue weighted by Crippen LogP contribution is 2.22. The first-order valence-electron chi connectivity index (χ1n) is 4.86. The molecule has 0 spiro atoms. The van der Waals surface area contributed by atoms with E-state index < -0.39 is 16.0 Å². The van der Waals surface area contributed by atoms with Crippen LogP contribution in [0.2, 0.25) is 0 Å². The molecule has 3 N–H and O–H groups in total. The SMILES string of the molecule is O=C(O)C=Cc1cnc(NS(=O)(=O)c2cn[nH]c2)s1. The van der Waals surface area contributed by atoms with E-state index in [1.54, 1.807) is 0 Å². The van der Waals surface area contributed by atoms with Crippen LogP contribution in [-0.2, 0) is 14.8 Å². The van der Waals surface area contributed by atoms with Crippen LogP contribution in [-0.4, -0.2) is 34.7 Å². The maximum atomic E-state index is 11.8. The molecule has 0 saturated carbocycles. The summed E-state index contributed by atoms with van der Waals surface area (Å²) in [5, 5.41) is 14.6. The number of carboxylic acid groups (broad SMARTS) is 1. The van der Waals surface area contributed by atoms with Gasteiger partial charge in [-0.25, -0.2) is 18.2 Å². The maximum Gasteiger partial charge on any atom is 0.328 e. The van der Waals surface area contributed by atoms with Crippen molar-refractivity contribution in [3.8, 4) is 0 Å². The summed E-state index contributed by atoms with van der Waals surface area (Å²) in [4.78, 5) is 14.7. The Morgan fingerprint density at radius 3 is 2.89 bits per heavy atom. The first-order chi connectivity index (χ1) is 8.97. The molecule has 0 unspecified atom stereocenters. The molecule has 0 aromatic carbocycles. The molecule has 0 bridgehead atoms. The maximum absolute atomic E-state index is 11.8. The summed E-state index contributed by atoms with van der Waals surface area (Å²) in [6.45, 7) is 0. The van der Waals surface area contributed by atoms with Crippen LogP contribution in [0.25, 0.3) is 6.08 Å². The van der Waals surface area contributed by atoms with Crippen molar-refractivity contribution in [1.82, 2.24) is 15.2 Å². The topological polar surface area (TPSA) is 125 Å². The van der Waals surface area contributed by atoms with E-state index in [4.69, 9.17) is 5.11 Å². The minimum atomic E-state index is -3.72. The standard InChI is InChI=1S/C9H8N4O4S2/c14-8(15)2-1-6-3-10-9(18-6)13-19(16,17)7-4-11-12-5-7/h1-5H,(H,10,13)(H,11,12)(H,14,15). The number of rotatable bonds is 5. The smallest absolute Gasteiger partial charge is 0.328 e. The van der Waals surface area contributed by atoms with Gasteiger partial charge in [-0.1, -0.05) is 11.3 Å². The number of hydrogen-bond donors (Lipinski definition) is 3. The molecule has 0 aliphatic rings. The Morgan fingerprint density at radius 1 is 1.47 bits per heavy atom. The first kappa shape index (κ1) is 13.2. The van der Waals surface area contributed by atoms with Crippen molar-refractivity contribution in [1.29, 1.82) is 0 Å². The molecule has 0 saturated heterocycles. The van der Waals surface area contributed by atoms with Crippen molar-refractivity contribution in [3.05, 3.63) is 29.5 Å². The minimum absolute atomic E-state index is 0.00896. The zero-order valence-corrected chi connectivity index (χ0v) is 10.9. The number of carbonyl (C=O) groups is 1. The van der Waals surface area contributed by atoms with Gasteiger partial charge < -0.3 is 5.11 Å². The van der Waals surface area contributed by atoms with E-state index in [-0.39, 0.29) is 10.0 Å². The molecule has 2 aromatic heterocycles. The molecule has 0 amide bonds. The number of thiazole rings is 1. The first-order valence-corrected chi connectivity index (χ1v) is 7.16. The van der Waals surface area contributed by atoms with Crippen LogP contribution in [0.3, 0.4) is 0 Å². The number of anilines is 1. The molecule has 0 radical (unpaired) electrons. The third-order valence-electron chi connectivity index (χ3n) is 1.92. The number of nitrogens with zero attached hydrogens (tertiary/aromatic N) is 2. The number of nitrogens with one attached hydrogen (secondary N) is 2. The Morgan fingerprint density at radius 2 is 2.26 bits per heavy atom. The molecule has 2 rings (SSSR count). The largest absolute Gasteiger partial charge is 0.478 e. The summed E-state index contributed by atoms with van der Waals surface area (Å²) >= 11 is 1.02. The van der Waals surface area contributed by atoms with Gasteiger partial charge in [-0.05, 0) is 6.08 Å². The van der Waals surface area contributed by atoms with Crippen LogP contribution < -0.4 is 4.72 Å². The fourth-order valence-corrected chi connectivity index (χ4v) is 2.99. The molecule has 19 heavy (non-hydrogen) atoms. The van der Waals surface area contributed by atoms with Crippen molar-refractivity contribution in [3.63, 3.8) is 0 Å². The number of aromatic amines is 1. The summed E-state index contributed by atoms with van der Waals surface area (Å²) < 4.78 is 25.9. The average molecular weight is 300 g/mol. The van der Waals surface area contributed by atoms with Crippen molar-refractivity contribution in [2.24, 2.45) is 0 Å². The highest BCUT2D eigenvalue weighted by atomic mass is 32.2. The second kappa shape index (κ2) is 5.20. The normalized spacial score (nSPS) is 11.8. The third-order valence-corrected chi connectivity index (χ3v) is 4.23. The van der Waals surface area contributed by atoms with Gasteiger partial charge in [-0.3, -0.25) is 9.82 Å². The van der Waals surface area contributed by atoms with Crippen LogP contribution in [0, 0.1) is 0 Å². The molecule has 0 aliphatic heterocycles. The molecular formula is C9H8N4O4S2. The number of carboxylic acids is 1. The van der Waals surface area contributed by atoms with Crippen LogP contribution >= 0.6 is 11.3 Å². The number of hydrogen-bond acceptors (Lipinski definition) is 6.